The first-order valence-corrected chi connectivity index (χ1v) is 8.25. The molecule has 0 fully saturated rings. The van der Waals surface area contributed by atoms with Crippen molar-refractivity contribution >= 4 is 33.7 Å². The molecule has 1 atom stereocenters. The van der Waals surface area contributed by atoms with Gasteiger partial charge in [-0.2, -0.15) is 0 Å². The van der Waals surface area contributed by atoms with E-state index >= 15 is 0 Å². The highest BCUT2D eigenvalue weighted by Crippen LogP contribution is 2.34. The van der Waals surface area contributed by atoms with Gasteiger partial charge in [0.15, 0.2) is 5.13 Å². The number of thiazole rings is 1. The summed E-state index contributed by atoms with van der Waals surface area (Å²) in [5, 5.41) is 3.44. The van der Waals surface area contributed by atoms with Gasteiger partial charge in [-0.3, -0.25) is 4.79 Å². The van der Waals surface area contributed by atoms with E-state index in [1.807, 2.05) is 13.8 Å². The second-order valence-electron chi connectivity index (χ2n) is 4.72. The molecule has 4 nitrogen and oxygen atoms in total. The van der Waals surface area contributed by atoms with E-state index in [1.54, 1.807) is 11.3 Å². The van der Waals surface area contributed by atoms with Crippen molar-refractivity contribution in [2.75, 3.05) is 5.32 Å². The Kier molecular flexibility index (Phi) is 4.91. The Morgan fingerprint density at radius 2 is 2.15 bits per heavy atom. The molecule has 0 aliphatic carbocycles. The van der Waals surface area contributed by atoms with Crippen molar-refractivity contribution in [2.24, 2.45) is 5.73 Å². The summed E-state index contributed by atoms with van der Waals surface area (Å²) in [4.78, 5) is 19.9. The van der Waals surface area contributed by atoms with Gasteiger partial charge >= 0.3 is 0 Å². The first kappa shape index (κ1) is 15.2. The average Bonchev–Trinajstić information content (AvgIpc) is 2.96. The zero-order chi connectivity index (χ0) is 14.7. The third-order valence-corrected chi connectivity index (χ3v) is 4.83. The van der Waals surface area contributed by atoms with Gasteiger partial charge < -0.3 is 11.1 Å². The number of anilines is 1. The van der Waals surface area contributed by atoms with Crippen molar-refractivity contribution in [2.45, 2.75) is 39.7 Å². The number of nitrogens with one attached hydrogen (secondary N) is 1. The van der Waals surface area contributed by atoms with Gasteiger partial charge in [-0.1, -0.05) is 13.3 Å². The molecule has 20 heavy (non-hydrogen) atoms. The molecule has 108 valence electrons. The number of rotatable bonds is 5. The van der Waals surface area contributed by atoms with Gasteiger partial charge in [-0.05, 0) is 32.4 Å². The molecular formula is C14H19N3OS2. The largest absolute Gasteiger partial charge is 0.320 e. The van der Waals surface area contributed by atoms with E-state index in [2.05, 4.69) is 29.4 Å². The molecule has 2 rings (SSSR count). The SMILES string of the molecule is CCCC(N)C(=O)Nc1nc(-c2ccc(C)s2)c(C)s1. The lowest BCUT2D eigenvalue weighted by atomic mass is 10.2. The number of aromatic nitrogens is 1. The van der Waals surface area contributed by atoms with Crippen LogP contribution in [0, 0.1) is 13.8 Å². The minimum Gasteiger partial charge on any atom is -0.320 e. The fraction of sp³-hybridized carbons (Fsp3) is 0.429. The lowest BCUT2D eigenvalue weighted by Crippen LogP contribution is -2.35. The second kappa shape index (κ2) is 6.47. The Balaban J connectivity index is 2.13. The number of nitrogens with two attached hydrogens (primary N) is 1. The molecule has 0 saturated carbocycles. The molecule has 0 aliphatic rings. The van der Waals surface area contributed by atoms with Crippen LogP contribution in [0.25, 0.3) is 10.6 Å². The summed E-state index contributed by atoms with van der Waals surface area (Å²) in [6.45, 7) is 6.10. The number of amides is 1. The van der Waals surface area contributed by atoms with E-state index in [9.17, 15) is 4.79 Å². The molecule has 0 aliphatic heterocycles. The van der Waals surface area contributed by atoms with Crippen molar-refractivity contribution in [1.29, 1.82) is 0 Å². The van der Waals surface area contributed by atoms with E-state index in [0.717, 1.165) is 21.9 Å². The van der Waals surface area contributed by atoms with Crippen LogP contribution in [-0.4, -0.2) is 16.9 Å². The van der Waals surface area contributed by atoms with Crippen LogP contribution < -0.4 is 11.1 Å². The molecule has 2 aromatic rings. The molecular weight excluding hydrogens is 290 g/mol. The molecule has 0 aromatic carbocycles. The van der Waals surface area contributed by atoms with Gasteiger partial charge in [0, 0.05) is 9.75 Å². The van der Waals surface area contributed by atoms with Crippen LogP contribution in [0.2, 0.25) is 0 Å². The number of nitrogens with zero attached hydrogens (tertiary/aromatic N) is 1. The number of thiophene rings is 1. The lowest BCUT2D eigenvalue weighted by Gasteiger charge is -2.08. The van der Waals surface area contributed by atoms with Gasteiger partial charge in [0.2, 0.25) is 5.91 Å². The fourth-order valence-corrected chi connectivity index (χ4v) is 3.69. The lowest BCUT2D eigenvalue weighted by molar-refractivity contribution is -0.117. The maximum Gasteiger partial charge on any atom is 0.243 e. The van der Waals surface area contributed by atoms with E-state index in [-0.39, 0.29) is 5.91 Å². The summed E-state index contributed by atoms with van der Waals surface area (Å²) in [7, 11) is 0. The normalized spacial score (nSPS) is 12.4. The monoisotopic (exact) mass is 309 g/mol. The maximum atomic E-state index is 11.9. The van der Waals surface area contributed by atoms with Crippen LogP contribution in [0.3, 0.4) is 0 Å². The predicted octanol–water partition coefficient (Wildman–Crippen LogP) is 3.55. The minimum atomic E-state index is -0.461. The third kappa shape index (κ3) is 3.45. The molecule has 3 N–H and O–H groups in total. The average molecular weight is 309 g/mol. The van der Waals surface area contributed by atoms with Crippen molar-refractivity contribution < 1.29 is 4.79 Å². The van der Waals surface area contributed by atoms with Gasteiger partial charge in [0.05, 0.1) is 16.6 Å². The zero-order valence-corrected chi connectivity index (χ0v) is 13.5. The first-order chi connectivity index (χ1) is 9.51. The molecule has 2 aromatic heterocycles. The quantitative estimate of drug-likeness (QED) is 0.887. The van der Waals surface area contributed by atoms with Crippen molar-refractivity contribution in [3.05, 3.63) is 21.9 Å². The number of hydrogen-bond acceptors (Lipinski definition) is 5. The highest BCUT2D eigenvalue weighted by atomic mass is 32.1. The molecule has 0 bridgehead atoms. The van der Waals surface area contributed by atoms with E-state index in [0.29, 0.717) is 11.6 Å². The Morgan fingerprint density at radius 1 is 1.40 bits per heavy atom. The highest BCUT2D eigenvalue weighted by molar-refractivity contribution is 7.18. The summed E-state index contributed by atoms with van der Waals surface area (Å²) in [6.07, 6.45) is 1.58. The first-order valence-electron chi connectivity index (χ1n) is 6.62. The Labute approximate surface area is 127 Å². The van der Waals surface area contributed by atoms with Crippen LogP contribution in [0.15, 0.2) is 12.1 Å². The number of aryl methyl sites for hydroxylation is 2. The third-order valence-electron chi connectivity index (χ3n) is 2.94. The molecule has 0 spiro atoms. The molecule has 0 saturated heterocycles. The topological polar surface area (TPSA) is 68.0 Å². The van der Waals surface area contributed by atoms with Gasteiger partial charge in [-0.25, -0.2) is 4.98 Å². The Hall–Kier alpha value is -1.24. The van der Waals surface area contributed by atoms with E-state index < -0.39 is 6.04 Å². The van der Waals surface area contributed by atoms with Crippen molar-refractivity contribution in [3.63, 3.8) is 0 Å². The number of hydrogen-bond donors (Lipinski definition) is 2. The van der Waals surface area contributed by atoms with Crippen LogP contribution in [0.4, 0.5) is 5.13 Å². The zero-order valence-electron chi connectivity index (χ0n) is 11.9. The molecule has 1 unspecified atom stereocenters. The van der Waals surface area contributed by atoms with Crippen molar-refractivity contribution in [3.8, 4) is 10.6 Å². The highest BCUT2D eigenvalue weighted by Gasteiger charge is 2.16. The predicted molar refractivity (Wildman–Crippen MR) is 86.4 cm³/mol. The summed E-state index contributed by atoms with van der Waals surface area (Å²) < 4.78 is 0. The smallest absolute Gasteiger partial charge is 0.243 e. The number of carbonyl (C=O) groups excluding carboxylic acids is 1. The van der Waals surface area contributed by atoms with Crippen LogP contribution in [0.1, 0.15) is 29.5 Å². The summed E-state index contributed by atoms with van der Waals surface area (Å²) >= 11 is 3.20. The standard InChI is InChI=1S/C14H19N3OS2/c1-4-5-10(15)13(18)17-14-16-12(9(3)20-14)11-7-6-8(2)19-11/h6-7,10H,4-5,15H2,1-3H3,(H,16,17,18). The van der Waals surface area contributed by atoms with E-state index in [4.69, 9.17) is 5.73 Å². The summed E-state index contributed by atoms with van der Waals surface area (Å²) in [6, 6.07) is 3.68. The minimum absolute atomic E-state index is 0.158. The Bertz CT molecular complexity index is 603. The summed E-state index contributed by atoms with van der Waals surface area (Å²) in [5.74, 6) is -0.158. The maximum absolute atomic E-state index is 11.9. The van der Waals surface area contributed by atoms with Crippen LogP contribution in [0.5, 0.6) is 0 Å². The van der Waals surface area contributed by atoms with Crippen LogP contribution in [-0.2, 0) is 4.79 Å². The molecule has 6 heteroatoms. The molecule has 2 heterocycles. The summed E-state index contributed by atoms with van der Waals surface area (Å²) in [5.41, 5.74) is 6.75. The van der Waals surface area contributed by atoms with Gasteiger partial charge in [0.25, 0.3) is 0 Å². The molecule has 1 amide bonds. The number of carbonyl (C=O) groups is 1. The van der Waals surface area contributed by atoms with Crippen LogP contribution >= 0.6 is 22.7 Å². The van der Waals surface area contributed by atoms with Gasteiger partial charge in [-0.15, -0.1) is 22.7 Å². The van der Waals surface area contributed by atoms with E-state index in [1.165, 1.54) is 16.2 Å². The van der Waals surface area contributed by atoms with Crippen molar-refractivity contribution in [1.82, 2.24) is 4.98 Å². The van der Waals surface area contributed by atoms with Gasteiger partial charge in [0.1, 0.15) is 0 Å². The molecule has 0 radical (unpaired) electrons. The fourth-order valence-electron chi connectivity index (χ4n) is 1.88. The Morgan fingerprint density at radius 3 is 2.75 bits per heavy atom. The second-order valence-corrected chi connectivity index (χ2v) is 7.21.